The number of benzene rings is 3. The topological polar surface area (TPSA) is 86.5 Å². The lowest BCUT2D eigenvalue weighted by atomic mass is 10.0. The normalized spacial score (nSPS) is 11.1. The van der Waals surface area contributed by atoms with Crippen LogP contribution in [0.4, 0.5) is 5.69 Å². The van der Waals surface area contributed by atoms with Crippen LogP contribution in [0.5, 0.6) is 5.75 Å². The van der Waals surface area contributed by atoms with Crippen molar-refractivity contribution in [2.45, 2.75) is 11.5 Å². The minimum absolute atomic E-state index is 0.104. The summed E-state index contributed by atoms with van der Waals surface area (Å²) in [5.74, 6) is 0.391. The molecule has 0 unspecified atom stereocenters. The molecule has 138 valence electrons. The Labute approximate surface area is 157 Å². The van der Waals surface area contributed by atoms with Crippen LogP contribution in [0.15, 0.2) is 77.7 Å². The van der Waals surface area contributed by atoms with Crippen molar-refractivity contribution in [1.29, 1.82) is 0 Å². The van der Waals surface area contributed by atoms with Crippen molar-refractivity contribution < 1.29 is 18.1 Å². The van der Waals surface area contributed by atoms with Gasteiger partial charge in [0, 0.05) is 6.26 Å². The predicted molar refractivity (Wildman–Crippen MR) is 102 cm³/mol. The van der Waals surface area contributed by atoms with Crippen molar-refractivity contribution in [1.82, 2.24) is 0 Å². The standard InChI is InChI=1S/C20H17NO5S/c1-27(24,25)18-10-7-16(8-11-18)19-12-9-17(13-20(19)21(22)23)26-14-15-5-3-2-4-6-15/h2-13H,14H2,1H3. The molecule has 0 aliphatic heterocycles. The molecule has 0 aliphatic carbocycles. The Hall–Kier alpha value is -3.19. The zero-order valence-corrected chi connectivity index (χ0v) is 15.3. The molecule has 3 aromatic rings. The van der Waals surface area contributed by atoms with Gasteiger partial charge in [-0.05, 0) is 35.4 Å². The molecule has 0 bridgehead atoms. The maximum Gasteiger partial charge on any atom is 0.280 e. The van der Waals surface area contributed by atoms with Gasteiger partial charge in [-0.1, -0.05) is 42.5 Å². The van der Waals surface area contributed by atoms with Crippen molar-refractivity contribution >= 4 is 15.5 Å². The summed E-state index contributed by atoms with van der Waals surface area (Å²) in [6, 6.07) is 20.1. The minimum atomic E-state index is -3.32. The Morgan fingerprint density at radius 3 is 2.22 bits per heavy atom. The smallest absolute Gasteiger partial charge is 0.280 e. The third-order valence-electron chi connectivity index (χ3n) is 4.01. The molecule has 0 atom stereocenters. The fourth-order valence-corrected chi connectivity index (χ4v) is 3.25. The highest BCUT2D eigenvalue weighted by molar-refractivity contribution is 7.90. The molecule has 0 radical (unpaired) electrons. The lowest BCUT2D eigenvalue weighted by Gasteiger charge is -2.09. The molecule has 27 heavy (non-hydrogen) atoms. The molecule has 0 saturated carbocycles. The lowest BCUT2D eigenvalue weighted by molar-refractivity contribution is -0.384. The van der Waals surface area contributed by atoms with E-state index in [1.54, 1.807) is 24.3 Å². The number of rotatable bonds is 6. The van der Waals surface area contributed by atoms with Crippen molar-refractivity contribution in [3.63, 3.8) is 0 Å². The highest BCUT2D eigenvalue weighted by atomic mass is 32.2. The van der Waals surface area contributed by atoms with Crippen LogP contribution in [0.25, 0.3) is 11.1 Å². The maximum absolute atomic E-state index is 11.6. The van der Waals surface area contributed by atoms with Crippen LogP contribution in [-0.4, -0.2) is 19.6 Å². The van der Waals surface area contributed by atoms with Crippen molar-refractivity contribution in [3.05, 3.63) is 88.5 Å². The second-order valence-corrected chi connectivity index (χ2v) is 8.02. The summed E-state index contributed by atoms with van der Waals surface area (Å²) in [6.07, 6.45) is 1.11. The highest BCUT2D eigenvalue weighted by Crippen LogP contribution is 2.33. The van der Waals surface area contributed by atoms with Crippen LogP contribution >= 0.6 is 0 Å². The SMILES string of the molecule is CS(=O)(=O)c1ccc(-c2ccc(OCc3ccccc3)cc2[N+](=O)[O-])cc1. The molecular formula is C20H17NO5S. The quantitative estimate of drug-likeness (QED) is 0.469. The zero-order valence-electron chi connectivity index (χ0n) is 14.5. The summed E-state index contributed by atoms with van der Waals surface area (Å²) in [7, 11) is -3.32. The van der Waals surface area contributed by atoms with Gasteiger partial charge in [0.25, 0.3) is 5.69 Å². The van der Waals surface area contributed by atoms with Gasteiger partial charge in [-0.15, -0.1) is 0 Å². The van der Waals surface area contributed by atoms with E-state index in [0.29, 0.717) is 23.5 Å². The van der Waals surface area contributed by atoms with Gasteiger partial charge >= 0.3 is 0 Å². The van der Waals surface area contributed by atoms with Gasteiger partial charge < -0.3 is 4.74 Å². The molecule has 0 heterocycles. The van der Waals surface area contributed by atoms with Crippen LogP contribution in [-0.2, 0) is 16.4 Å². The number of nitro benzene ring substituents is 1. The Morgan fingerprint density at radius 2 is 1.63 bits per heavy atom. The van der Waals surface area contributed by atoms with E-state index < -0.39 is 14.8 Å². The third kappa shape index (κ3) is 4.51. The molecule has 0 saturated heterocycles. The summed E-state index contributed by atoms with van der Waals surface area (Å²) >= 11 is 0. The number of ether oxygens (including phenoxy) is 1. The molecule has 0 spiro atoms. The molecular weight excluding hydrogens is 366 g/mol. The summed E-state index contributed by atoms with van der Waals surface area (Å²) in [5.41, 5.74) is 1.81. The number of nitrogens with zero attached hydrogens (tertiary/aromatic N) is 1. The van der Waals surface area contributed by atoms with E-state index in [9.17, 15) is 18.5 Å². The average Bonchev–Trinajstić information content (AvgIpc) is 2.66. The Kier molecular flexibility index (Phi) is 5.23. The van der Waals surface area contributed by atoms with Gasteiger partial charge in [0.05, 0.1) is 21.4 Å². The van der Waals surface area contributed by atoms with Crippen molar-refractivity contribution in [2.24, 2.45) is 0 Å². The monoisotopic (exact) mass is 383 g/mol. The van der Waals surface area contributed by atoms with Crippen LogP contribution in [0.2, 0.25) is 0 Å². The minimum Gasteiger partial charge on any atom is -0.489 e. The van der Waals surface area contributed by atoms with Crippen LogP contribution in [0.1, 0.15) is 5.56 Å². The first-order valence-corrected chi connectivity index (χ1v) is 9.99. The molecule has 0 fully saturated rings. The van der Waals surface area contributed by atoms with Gasteiger partial charge in [-0.25, -0.2) is 8.42 Å². The molecule has 6 nitrogen and oxygen atoms in total. The van der Waals surface area contributed by atoms with Gasteiger partial charge in [-0.3, -0.25) is 10.1 Å². The summed E-state index contributed by atoms with van der Waals surface area (Å²) in [5, 5.41) is 11.5. The number of nitro groups is 1. The average molecular weight is 383 g/mol. The third-order valence-corrected chi connectivity index (χ3v) is 5.14. The van der Waals surface area contributed by atoms with Crippen LogP contribution < -0.4 is 4.74 Å². The van der Waals surface area contributed by atoms with E-state index in [0.717, 1.165) is 11.8 Å². The number of hydrogen-bond donors (Lipinski definition) is 0. The Morgan fingerprint density at radius 1 is 0.963 bits per heavy atom. The van der Waals surface area contributed by atoms with E-state index >= 15 is 0 Å². The Bertz CT molecular complexity index is 1060. The van der Waals surface area contributed by atoms with Crippen molar-refractivity contribution in [2.75, 3.05) is 6.26 Å². The number of hydrogen-bond acceptors (Lipinski definition) is 5. The zero-order chi connectivity index (χ0) is 19.4. The van der Waals surface area contributed by atoms with E-state index in [1.165, 1.54) is 18.2 Å². The maximum atomic E-state index is 11.6. The second kappa shape index (κ2) is 7.59. The molecule has 7 heteroatoms. The van der Waals surface area contributed by atoms with Gasteiger partial charge in [0.15, 0.2) is 9.84 Å². The molecule has 3 aromatic carbocycles. The van der Waals surface area contributed by atoms with Crippen molar-refractivity contribution in [3.8, 4) is 16.9 Å². The first kappa shape index (κ1) is 18.6. The molecule has 0 aliphatic rings. The first-order valence-electron chi connectivity index (χ1n) is 8.10. The molecule has 0 amide bonds. The van der Waals surface area contributed by atoms with E-state index in [1.807, 2.05) is 30.3 Å². The Balaban J connectivity index is 1.89. The first-order chi connectivity index (χ1) is 12.8. The molecule has 0 N–H and O–H groups in total. The van der Waals surface area contributed by atoms with Crippen LogP contribution in [0, 0.1) is 10.1 Å². The van der Waals surface area contributed by atoms with E-state index in [-0.39, 0.29) is 10.6 Å². The molecule has 3 rings (SSSR count). The van der Waals surface area contributed by atoms with Gasteiger partial charge in [0.1, 0.15) is 12.4 Å². The fourth-order valence-electron chi connectivity index (χ4n) is 2.62. The fraction of sp³-hybridized carbons (Fsp3) is 0.100. The number of sulfone groups is 1. The van der Waals surface area contributed by atoms with E-state index in [2.05, 4.69) is 0 Å². The summed E-state index contributed by atoms with van der Waals surface area (Å²) in [4.78, 5) is 11.2. The second-order valence-electron chi connectivity index (χ2n) is 6.01. The predicted octanol–water partition coefficient (Wildman–Crippen LogP) is 4.24. The highest BCUT2D eigenvalue weighted by Gasteiger charge is 2.17. The van der Waals surface area contributed by atoms with E-state index in [4.69, 9.17) is 4.74 Å². The largest absolute Gasteiger partial charge is 0.489 e. The van der Waals surface area contributed by atoms with Gasteiger partial charge in [0.2, 0.25) is 0 Å². The van der Waals surface area contributed by atoms with Crippen LogP contribution in [0.3, 0.4) is 0 Å². The summed E-state index contributed by atoms with van der Waals surface area (Å²) in [6.45, 7) is 0.306. The summed E-state index contributed by atoms with van der Waals surface area (Å²) < 4.78 is 28.8. The lowest BCUT2D eigenvalue weighted by Crippen LogP contribution is -1.98. The molecule has 0 aromatic heterocycles. The van der Waals surface area contributed by atoms with Gasteiger partial charge in [-0.2, -0.15) is 0 Å².